The van der Waals surface area contributed by atoms with E-state index in [-0.39, 0.29) is 18.0 Å². The molecule has 160 valence electrons. The van der Waals surface area contributed by atoms with Crippen molar-refractivity contribution in [2.75, 3.05) is 19.6 Å². The van der Waals surface area contributed by atoms with E-state index >= 15 is 0 Å². The van der Waals surface area contributed by atoms with Crippen LogP contribution in [0, 0.1) is 6.92 Å². The number of amides is 1. The minimum atomic E-state index is -0.00875. The molecule has 4 heterocycles. The number of piperidine rings is 1. The van der Waals surface area contributed by atoms with Gasteiger partial charge in [0.25, 0.3) is 5.91 Å². The zero-order chi connectivity index (χ0) is 21.3. The fourth-order valence-electron chi connectivity index (χ4n) is 4.33. The maximum absolute atomic E-state index is 13.2. The molecule has 0 radical (unpaired) electrons. The van der Waals surface area contributed by atoms with E-state index in [1.165, 1.54) is 0 Å². The van der Waals surface area contributed by atoms with Gasteiger partial charge >= 0.3 is 0 Å². The Morgan fingerprint density at radius 2 is 2.13 bits per heavy atom. The molecule has 0 bridgehead atoms. The van der Waals surface area contributed by atoms with Crippen LogP contribution in [0.25, 0.3) is 0 Å². The maximum Gasteiger partial charge on any atom is 0.264 e. The SMILES string of the molecule is C=NN1C=C(C)C(N2CC[C@H](N)C2)=N/C1=C/C1CCCCN1C(=O)c1ccc(C)s1. The first-order valence-corrected chi connectivity index (χ1v) is 11.4. The molecule has 2 atom stereocenters. The van der Waals surface area contributed by atoms with Crippen LogP contribution in [-0.4, -0.2) is 65.0 Å². The Morgan fingerprint density at radius 1 is 1.30 bits per heavy atom. The molecule has 0 saturated carbocycles. The molecule has 4 rings (SSSR count). The summed E-state index contributed by atoms with van der Waals surface area (Å²) < 4.78 is 0. The van der Waals surface area contributed by atoms with Crippen molar-refractivity contribution in [2.45, 2.75) is 51.6 Å². The zero-order valence-electron chi connectivity index (χ0n) is 17.8. The van der Waals surface area contributed by atoms with Gasteiger partial charge in [-0.2, -0.15) is 5.10 Å². The van der Waals surface area contributed by atoms with Crippen LogP contribution in [0.4, 0.5) is 0 Å². The Hall–Kier alpha value is -2.45. The minimum Gasteiger partial charge on any atom is -0.355 e. The number of nitrogens with two attached hydrogens (primary N) is 1. The Kier molecular flexibility index (Phi) is 6.06. The number of rotatable bonds is 3. The summed E-state index contributed by atoms with van der Waals surface area (Å²) in [7, 11) is 0. The number of hydrazone groups is 1. The van der Waals surface area contributed by atoms with E-state index < -0.39 is 0 Å². The lowest BCUT2D eigenvalue weighted by Crippen LogP contribution is -2.43. The largest absolute Gasteiger partial charge is 0.355 e. The highest BCUT2D eigenvalue weighted by Crippen LogP contribution is 2.28. The smallest absolute Gasteiger partial charge is 0.264 e. The molecule has 7 nitrogen and oxygen atoms in total. The molecule has 8 heteroatoms. The van der Waals surface area contributed by atoms with Crippen LogP contribution in [0.15, 0.2) is 45.9 Å². The summed E-state index contributed by atoms with van der Waals surface area (Å²) in [4.78, 5) is 24.3. The lowest BCUT2D eigenvalue weighted by Gasteiger charge is -2.35. The van der Waals surface area contributed by atoms with Gasteiger partial charge in [0.15, 0.2) is 5.82 Å². The van der Waals surface area contributed by atoms with Crippen LogP contribution >= 0.6 is 11.3 Å². The lowest BCUT2D eigenvalue weighted by molar-refractivity contribution is 0.0667. The number of thiophene rings is 1. The van der Waals surface area contributed by atoms with Gasteiger partial charge in [0.05, 0.1) is 10.9 Å². The first kappa shape index (κ1) is 20.8. The van der Waals surface area contributed by atoms with E-state index in [9.17, 15) is 4.79 Å². The third-order valence-electron chi connectivity index (χ3n) is 5.90. The topological polar surface area (TPSA) is 77.5 Å². The molecular formula is C22H30N6OS. The number of aryl methyl sites for hydroxylation is 1. The average Bonchev–Trinajstić information content (AvgIpc) is 3.37. The number of aliphatic imine (C=N–C) groups is 1. The van der Waals surface area contributed by atoms with Crippen molar-refractivity contribution >= 4 is 29.8 Å². The number of amidine groups is 1. The van der Waals surface area contributed by atoms with Crippen LogP contribution in [0.5, 0.6) is 0 Å². The molecule has 2 fully saturated rings. The average molecular weight is 427 g/mol. The van der Waals surface area contributed by atoms with E-state index in [0.717, 1.165) is 72.3 Å². The van der Waals surface area contributed by atoms with Gasteiger partial charge < -0.3 is 15.5 Å². The van der Waals surface area contributed by atoms with Crippen molar-refractivity contribution < 1.29 is 4.79 Å². The highest BCUT2D eigenvalue weighted by Gasteiger charge is 2.30. The third kappa shape index (κ3) is 4.20. The summed E-state index contributed by atoms with van der Waals surface area (Å²) in [5, 5.41) is 5.85. The Labute approximate surface area is 182 Å². The molecular weight excluding hydrogens is 396 g/mol. The first-order valence-electron chi connectivity index (χ1n) is 10.6. The van der Waals surface area contributed by atoms with Gasteiger partial charge in [0.1, 0.15) is 5.84 Å². The molecule has 2 saturated heterocycles. The van der Waals surface area contributed by atoms with Crippen molar-refractivity contribution in [1.82, 2.24) is 14.8 Å². The summed E-state index contributed by atoms with van der Waals surface area (Å²) in [5.41, 5.74) is 7.15. The molecule has 1 amide bonds. The third-order valence-corrected chi connectivity index (χ3v) is 6.89. The molecule has 1 aromatic rings. The lowest BCUT2D eigenvalue weighted by atomic mass is 10.0. The molecule has 3 aliphatic heterocycles. The van der Waals surface area contributed by atoms with Crippen LogP contribution in [0.2, 0.25) is 0 Å². The van der Waals surface area contributed by atoms with Gasteiger partial charge in [-0.15, -0.1) is 11.3 Å². The standard InChI is InChI=1S/C22H30N6OS/c1-15-13-28(24-3)20(25-21(15)26-11-9-17(23)14-26)12-18-6-4-5-10-27(18)22(29)19-8-7-16(2)30-19/h7-8,12-13,17-18H,3-6,9-11,14,23H2,1-2H3/b20-12-/t17-,18?/m0/s1. The quantitative estimate of drug-likeness (QED) is 0.753. The van der Waals surface area contributed by atoms with Crippen LogP contribution in [0.1, 0.15) is 47.2 Å². The summed E-state index contributed by atoms with van der Waals surface area (Å²) in [6.45, 7) is 10.3. The molecule has 0 aliphatic carbocycles. The predicted molar refractivity (Wildman–Crippen MR) is 123 cm³/mol. The zero-order valence-corrected chi connectivity index (χ0v) is 18.6. The normalized spacial score (nSPS) is 26.1. The van der Waals surface area contributed by atoms with Gasteiger partial charge in [0, 0.05) is 49.0 Å². The predicted octanol–water partition coefficient (Wildman–Crippen LogP) is 3.16. The van der Waals surface area contributed by atoms with Crippen molar-refractivity contribution in [2.24, 2.45) is 15.8 Å². The molecule has 30 heavy (non-hydrogen) atoms. The van der Waals surface area contributed by atoms with Gasteiger partial charge in [0.2, 0.25) is 0 Å². The maximum atomic E-state index is 13.2. The van der Waals surface area contributed by atoms with Crippen molar-refractivity contribution in [3.63, 3.8) is 0 Å². The summed E-state index contributed by atoms with van der Waals surface area (Å²) in [6.07, 6.45) is 8.05. The number of carbonyl (C=O) groups excluding carboxylic acids is 1. The van der Waals surface area contributed by atoms with Crippen LogP contribution in [-0.2, 0) is 0 Å². The number of carbonyl (C=O) groups is 1. The van der Waals surface area contributed by atoms with Gasteiger partial charge in [-0.05, 0) is 57.7 Å². The van der Waals surface area contributed by atoms with E-state index in [0.29, 0.717) is 0 Å². The van der Waals surface area contributed by atoms with E-state index in [4.69, 9.17) is 10.7 Å². The number of likely N-dealkylation sites (tertiary alicyclic amines) is 2. The second kappa shape index (κ2) is 8.73. The molecule has 0 aromatic carbocycles. The second-order valence-electron chi connectivity index (χ2n) is 8.23. The van der Waals surface area contributed by atoms with E-state index in [1.807, 2.05) is 37.1 Å². The summed E-state index contributed by atoms with van der Waals surface area (Å²) in [6, 6.07) is 4.11. The minimum absolute atomic E-state index is 0.00875. The summed E-state index contributed by atoms with van der Waals surface area (Å²) in [5.74, 6) is 1.76. The molecule has 1 aromatic heterocycles. The van der Waals surface area contributed by atoms with Gasteiger partial charge in [-0.3, -0.25) is 4.79 Å². The monoisotopic (exact) mass is 426 g/mol. The van der Waals surface area contributed by atoms with Crippen molar-refractivity contribution in [1.29, 1.82) is 0 Å². The Balaban J connectivity index is 1.63. The molecule has 0 spiro atoms. The number of hydrogen-bond acceptors (Lipinski definition) is 7. The van der Waals surface area contributed by atoms with Gasteiger partial charge in [-0.1, -0.05) is 0 Å². The fraction of sp³-hybridized carbons (Fsp3) is 0.500. The van der Waals surface area contributed by atoms with E-state index in [2.05, 4.69) is 22.8 Å². The Bertz CT molecular complexity index is 916. The Morgan fingerprint density at radius 3 is 2.80 bits per heavy atom. The van der Waals surface area contributed by atoms with Crippen molar-refractivity contribution in [3.8, 4) is 0 Å². The molecule has 2 N–H and O–H groups in total. The highest BCUT2D eigenvalue weighted by molar-refractivity contribution is 7.13. The van der Waals surface area contributed by atoms with Crippen LogP contribution < -0.4 is 5.73 Å². The first-order chi connectivity index (χ1) is 14.5. The molecule has 1 unspecified atom stereocenters. The van der Waals surface area contributed by atoms with Crippen molar-refractivity contribution in [3.05, 3.63) is 45.6 Å². The van der Waals surface area contributed by atoms with Crippen LogP contribution in [0.3, 0.4) is 0 Å². The van der Waals surface area contributed by atoms with E-state index in [1.54, 1.807) is 16.3 Å². The second-order valence-corrected chi connectivity index (χ2v) is 9.51. The molecule has 3 aliphatic rings. The van der Waals surface area contributed by atoms with Gasteiger partial charge in [-0.25, -0.2) is 10.0 Å². The summed E-state index contributed by atoms with van der Waals surface area (Å²) >= 11 is 1.55. The fourth-order valence-corrected chi connectivity index (χ4v) is 5.15. The number of nitrogens with zero attached hydrogens (tertiary/aromatic N) is 5. The number of hydrogen-bond donors (Lipinski definition) is 1. The highest BCUT2D eigenvalue weighted by atomic mass is 32.1.